The molecule has 0 aliphatic heterocycles. The van der Waals surface area contributed by atoms with Crippen LogP contribution in [0.25, 0.3) is 0 Å². The maximum absolute atomic E-state index is 5.78. The molecule has 0 heterocycles. The summed E-state index contributed by atoms with van der Waals surface area (Å²) in [6, 6.07) is 7.70. The summed E-state index contributed by atoms with van der Waals surface area (Å²) in [7, 11) is 0. The van der Waals surface area contributed by atoms with E-state index in [9.17, 15) is 0 Å². The minimum Gasteiger partial charge on any atom is -0.379 e. The van der Waals surface area contributed by atoms with Crippen LogP contribution in [0.5, 0.6) is 0 Å². The van der Waals surface area contributed by atoms with Gasteiger partial charge in [-0.05, 0) is 17.7 Å². The molecule has 0 bridgehead atoms. The molecule has 0 unspecified atom stereocenters. The summed E-state index contributed by atoms with van der Waals surface area (Å²) in [6.45, 7) is 4.14. The molecule has 15 heavy (non-hydrogen) atoms. The topological polar surface area (TPSA) is 38.4 Å². The Bertz CT molecular complexity index is 346. The predicted molar refractivity (Wildman–Crippen MR) is 69.4 cm³/mol. The third-order valence-electron chi connectivity index (χ3n) is 1.68. The molecule has 80 valence electrons. The first-order chi connectivity index (χ1) is 7.22. The first kappa shape index (κ1) is 12.1. The van der Waals surface area contributed by atoms with Gasteiger partial charge in [-0.2, -0.15) is 0 Å². The molecule has 2 N–H and O–H groups in total. The van der Waals surface area contributed by atoms with Crippen molar-refractivity contribution in [1.82, 2.24) is 0 Å². The molecule has 0 aliphatic carbocycles. The molecule has 0 fully saturated rings. The van der Waals surface area contributed by atoms with Gasteiger partial charge in [0.15, 0.2) is 5.17 Å². The third-order valence-corrected chi connectivity index (χ3v) is 2.83. The molecule has 1 aromatic rings. The van der Waals surface area contributed by atoms with Crippen LogP contribution >= 0.6 is 23.4 Å². The van der Waals surface area contributed by atoms with Crippen LogP contribution in [0.4, 0.5) is 0 Å². The summed E-state index contributed by atoms with van der Waals surface area (Å²) in [5.41, 5.74) is 6.86. The molecule has 1 aromatic carbocycles. The van der Waals surface area contributed by atoms with Crippen LogP contribution in [0, 0.1) is 0 Å². The van der Waals surface area contributed by atoms with E-state index in [0.717, 1.165) is 10.8 Å². The fourth-order valence-electron chi connectivity index (χ4n) is 0.938. The Kier molecular flexibility index (Phi) is 5.29. The molecule has 0 aliphatic rings. The zero-order valence-electron chi connectivity index (χ0n) is 8.32. The van der Waals surface area contributed by atoms with Crippen LogP contribution in [0.3, 0.4) is 0 Å². The molecule has 2 nitrogen and oxygen atoms in total. The van der Waals surface area contributed by atoms with Crippen molar-refractivity contribution in [2.75, 3.05) is 6.54 Å². The highest BCUT2D eigenvalue weighted by atomic mass is 35.5. The highest BCUT2D eigenvalue weighted by molar-refractivity contribution is 8.13. The van der Waals surface area contributed by atoms with Crippen molar-refractivity contribution in [3.63, 3.8) is 0 Å². The molecular formula is C11H13ClN2S. The van der Waals surface area contributed by atoms with E-state index in [2.05, 4.69) is 11.6 Å². The summed E-state index contributed by atoms with van der Waals surface area (Å²) in [5, 5.41) is 1.34. The summed E-state index contributed by atoms with van der Waals surface area (Å²) in [5.74, 6) is 0.809. The van der Waals surface area contributed by atoms with Crippen LogP contribution in [0.15, 0.2) is 41.9 Å². The fourth-order valence-corrected chi connectivity index (χ4v) is 1.74. The maximum Gasteiger partial charge on any atom is 0.154 e. The van der Waals surface area contributed by atoms with Gasteiger partial charge in [0.2, 0.25) is 0 Å². The monoisotopic (exact) mass is 240 g/mol. The fraction of sp³-hybridized carbons (Fsp3) is 0.182. The summed E-state index contributed by atoms with van der Waals surface area (Å²) in [6.07, 6.45) is 1.72. The Morgan fingerprint density at radius 2 is 2.13 bits per heavy atom. The van der Waals surface area contributed by atoms with Gasteiger partial charge in [0, 0.05) is 10.8 Å². The second-order valence-corrected chi connectivity index (χ2v) is 4.31. The average Bonchev–Trinajstić information content (AvgIpc) is 2.25. The number of hydrogen-bond acceptors (Lipinski definition) is 2. The van der Waals surface area contributed by atoms with Gasteiger partial charge in [-0.25, -0.2) is 0 Å². The van der Waals surface area contributed by atoms with Crippen molar-refractivity contribution in [2.45, 2.75) is 5.75 Å². The van der Waals surface area contributed by atoms with Crippen LogP contribution < -0.4 is 5.73 Å². The number of rotatable bonds is 4. The SMILES string of the molecule is C=CCN=C(N)SCc1ccc(Cl)cc1. The van der Waals surface area contributed by atoms with Gasteiger partial charge in [0.25, 0.3) is 0 Å². The number of nitrogens with zero attached hydrogens (tertiary/aromatic N) is 1. The van der Waals surface area contributed by atoms with Gasteiger partial charge >= 0.3 is 0 Å². The summed E-state index contributed by atoms with van der Waals surface area (Å²) < 4.78 is 0. The van der Waals surface area contributed by atoms with Gasteiger partial charge in [-0.3, -0.25) is 4.99 Å². The Balaban J connectivity index is 2.43. The Hall–Kier alpha value is -0.930. The zero-order valence-corrected chi connectivity index (χ0v) is 9.89. The van der Waals surface area contributed by atoms with Gasteiger partial charge in [-0.1, -0.05) is 41.6 Å². The van der Waals surface area contributed by atoms with Crippen LogP contribution in [0.1, 0.15) is 5.56 Å². The second kappa shape index (κ2) is 6.53. The molecule has 4 heteroatoms. The number of hydrogen-bond donors (Lipinski definition) is 1. The van der Waals surface area contributed by atoms with Crippen LogP contribution in [0.2, 0.25) is 5.02 Å². The number of thioether (sulfide) groups is 1. The highest BCUT2D eigenvalue weighted by Gasteiger charge is 1.96. The largest absolute Gasteiger partial charge is 0.379 e. The normalized spacial score (nSPS) is 11.4. The molecule has 0 atom stereocenters. The lowest BCUT2D eigenvalue weighted by atomic mass is 10.2. The first-order valence-corrected chi connectivity index (χ1v) is 5.87. The number of nitrogens with two attached hydrogens (primary N) is 1. The Morgan fingerprint density at radius 3 is 2.73 bits per heavy atom. The average molecular weight is 241 g/mol. The molecule has 0 aromatic heterocycles. The predicted octanol–water partition coefficient (Wildman–Crippen LogP) is 3.07. The molecule has 0 radical (unpaired) electrons. The van der Waals surface area contributed by atoms with Gasteiger partial charge in [0.1, 0.15) is 0 Å². The summed E-state index contributed by atoms with van der Waals surface area (Å²) >= 11 is 7.29. The van der Waals surface area contributed by atoms with Crippen molar-refractivity contribution in [3.05, 3.63) is 47.5 Å². The van der Waals surface area contributed by atoms with Gasteiger partial charge in [0.05, 0.1) is 6.54 Å². The van der Waals surface area contributed by atoms with Gasteiger partial charge in [-0.15, -0.1) is 6.58 Å². The van der Waals surface area contributed by atoms with E-state index < -0.39 is 0 Å². The van der Waals surface area contributed by atoms with E-state index in [1.54, 1.807) is 6.08 Å². The van der Waals surface area contributed by atoms with Crippen molar-refractivity contribution >= 4 is 28.5 Å². The Morgan fingerprint density at radius 1 is 1.47 bits per heavy atom. The van der Waals surface area contributed by atoms with E-state index >= 15 is 0 Å². The maximum atomic E-state index is 5.78. The first-order valence-electron chi connectivity index (χ1n) is 4.50. The Labute approximate surface area is 99.2 Å². The van der Waals surface area contributed by atoms with Crippen LogP contribution in [-0.4, -0.2) is 11.7 Å². The number of aliphatic imine (C=N–C) groups is 1. The lowest BCUT2D eigenvalue weighted by Gasteiger charge is -2.01. The van der Waals surface area contributed by atoms with Crippen molar-refractivity contribution in [3.8, 4) is 0 Å². The third kappa shape index (κ3) is 4.91. The highest BCUT2D eigenvalue weighted by Crippen LogP contribution is 2.15. The van der Waals surface area contributed by atoms with Crippen LogP contribution in [-0.2, 0) is 5.75 Å². The van der Waals surface area contributed by atoms with E-state index in [1.165, 1.54) is 17.3 Å². The van der Waals surface area contributed by atoms with Gasteiger partial charge < -0.3 is 5.73 Å². The molecule has 0 spiro atoms. The molecule has 0 saturated carbocycles. The molecule has 1 rings (SSSR count). The molecular weight excluding hydrogens is 228 g/mol. The number of amidine groups is 1. The van der Waals surface area contributed by atoms with Crippen molar-refractivity contribution in [2.24, 2.45) is 10.7 Å². The lowest BCUT2D eigenvalue weighted by Crippen LogP contribution is -2.07. The molecule has 0 amide bonds. The van der Waals surface area contributed by atoms with E-state index in [-0.39, 0.29) is 0 Å². The second-order valence-electron chi connectivity index (χ2n) is 2.88. The van der Waals surface area contributed by atoms with E-state index in [0.29, 0.717) is 11.7 Å². The van der Waals surface area contributed by atoms with Crippen molar-refractivity contribution in [1.29, 1.82) is 0 Å². The lowest BCUT2D eigenvalue weighted by molar-refractivity contribution is 1.25. The smallest absolute Gasteiger partial charge is 0.154 e. The number of halogens is 1. The summed E-state index contributed by atoms with van der Waals surface area (Å²) in [4.78, 5) is 4.09. The van der Waals surface area contributed by atoms with E-state index in [1.807, 2.05) is 24.3 Å². The number of benzene rings is 1. The minimum atomic E-state index is 0.569. The zero-order chi connectivity index (χ0) is 11.1. The standard InChI is InChI=1S/C11H13ClN2S/c1-2-7-14-11(13)15-8-9-3-5-10(12)6-4-9/h2-6H,1,7-8H2,(H2,13,14). The molecule has 0 saturated heterocycles. The quantitative estimate of drug-likeness (QED) is 0.499. The minimum absolute atomic E-state index is 0.569. The van der Waals surface area contributed by atoms with E-state index in [4.69, 9.17) is 17.3 Å². The van der Waals surface area contributed by atoms with Crippen molar-refractivity contribution < 1.29 is 0 Å².